The van der Waals surface area contributed by atoms with Crippen LogP contribution in [0.5, 0.6) is 11.5 Å². The fourth-order valence-electron chi connectivity index (χ4n) is 3.10. The Hall–Kier alpha value is -3.62. The quantitative estimate of drug-likeness (QED) is 0.308. The van der Waals surface area contributed by atoms with Crippen molar-refractivity contribution >= 4 is 57.7 Å². The number of ketones is 1. The molecule has 3 rings (SSSR count). The molecule has 0 fully saturated rings. The lowest BCUT2D eigenvalue weighted by molar-refractivity contribution is -0.114. The third-order valence-electron chi connectivity index (χ3n) is 4.59. The molecule has 0 unspecified atom stereocenters. The fourth-order valence-corrected chi connectivity index (χ4v) is 3.56. The van der Waals surface area contributed by atoms with Gasteiger partial charge in [0.1, 0.15) is 11.5 Å². The van der Waals surface area contributed by atoms with E-state index in [4.69, 9.17) is 33.3 Å². The molecule has 0 aliphatic heterocycles. The zero-order valence-electron chi connectivity index (χ0n) is 18.2. The van der Waals surface area contributed by atoms with Gasteiger partial charge < -0.3 is 25.4 Å². The predicted molar refractivity (Wildman–Crippen MR) is 135 cm³/mol. The van der Waals surface area contributed by atoms with Crippen molar-refractivity contribution in [3.8, 4) is 11.5 Å². The highest BCUT2D eigenvalue weighted by molar-refractivity contribution is 7.80. The Bertz CT molecular complexity index is 1200. The molecule has 0 spiro atoms. The van der Waals surface area contributed by atoms with E-state index in [2.05, 4.69) is 16.0 Å². The minimum Gasteiger partial charge on any atom is -0.495 e. The van der Waals surface area contributed by atoms with E-state index in [1.165, 1.54) is 21.1 Å². The standard InChI is InChI=1S/C24H22ClN3O4S/c1-14(29)26-19-10-9-16(11-17(19)23(30)15-7-5-4-6-8-15)27-24(33)28-20-12-18(25)21(31-2)13-22(20)32-3/h4-13H,1-3H3,(H,26,29)(H2,27,28,33). The third-order valence-corrected chi connectivity index (χ3v) is 5.09. The van der Waals surface area contributed by atoms with Gasteiger partial charge in [0.15, 0.2) is 10.9 Å². The number of thiocarbonyl (C=S) groups is 1. The molecule has 3 aromatic rings. The molecule has 0 saturated carbocycles. The number of ether oxygens (including phenoxy) is 2. The molecule has 0 aliphatic rings. The van der Waals surface area contributed by atoms with Crippen LogP contribution in [0.2, 0.25) is 5.02 Å². The molecule has 0 radical (unpaired) electrons. The number of carbonyl (C=O) groups is 2. The topological polar surface area (TPSA) is 88.7 Å². The van der Waals surface area contributed by atoms with Gasteiger partial charge in [-0.2, -0.15) is 0 Å². The first-order valence-electron chi connectivity index (χ1n) is 9.83. The summed E-state index contributed by atoms with van der Waals surface area (Å²) in [5.41, 5.74) is 2.33. The number of benzene rings is 3. The van der Waals surface area contributed by atoms with E-state index in [1.54, 1.807) is 54.6 Å². The molecule has 0 atom stereocenters. The van der Waals surface area contributed by atoms with Crippen molar-refractivity contribution in [1.82, 2.24) is 0 Å². The van der Waals surface area contributed by atoms with Gasteiger partial charge in [-0.1, -0.05) is 41.9 Å². The van der Waals surface area contributed by atoms with E-state index < -0.39 is 0 Å². The second-order valence-electron chi connectivity index (χ2n) is 6.90. The summed E-state index contributed by atoms with van der Waals surface area (Å²) in [6.45, 7) is 1.38. The van der Waals surface area contributed by atoms with E-state index in [9.17, 15) is 9.59 Å². The Balaban J connectivity index is 1.87. The van der Waals surface area contributed by atoms with E-state index >= 15 is 0 Å². The number of hydrogen-bond donors (Lipinski definition) is 3. The molecular weight excluding hydrogens is 462 g/mol. The molecule has 0 aromatic heterocycles. The summed E-state index contributed by atoms with van der Waals surface area (Å²) < 4.78 is 10.6. The Labute approximate surface area is 202 Å². The van der Waals surface area contributed by atoms with Crippen molar-refractivity contribution < 1.29 is 19.1 Å². The monoisotopic (exact) mass is 483 g/mol. The maximum absolute atomic E-state index is 13.1. The lowest BCUT2D eigenvalue weighted by Gasteiger charge is -2.16. The van der Waals surface area contributed by atoms with Crippen molar-refractivity contribution in [2.24, 2.45) is 0 Å². The van der Waals surface area contributed by atoms with Crippen molar-refractivity contribution in [1.29, 1.82) is 0 Å². The summed E-state index contributed by atoms with van der Waals surface area (Å²) in [4.78, 5) is 24.7. The Kier molecular flexibility index (Phi) is 7.87. The lowest BCUT2D eigenvalue weighted by Crippen LogP contribution is -2.20. The Morgan fingerprint density at radius 2 is 1.55 bits per heavy atom. The van der Waals surface area contributed by atoms with Crippen LogP contribution in [-0.4, -0.2) is 31.0 Å². The van der Waals surface area contributed by atoms with Crippen molar-refractivity contribution in [3.05, 3.63) is 76.8 Å². The van der Waals surface area contributed by atoms with Gasteiger partial charge in [0.25, 0.3) is 0 Å². The molecule has 9 heteroatoms. The second kappa shape index (κ2) is 10.8. The van der Waals surface area contributed by atoms with Crippen LogP contribution in [0.3, 0.4) is 0 Å². The smallest absolute Gasteiger partial charge is 0.221 e. The molecule has 0 bridgehead atoms. The first kappa shape index (κ1) is 24.0. The number of anilines is 3. The molecule has 3 aromatic carbocycles. The number of hydrogen-bond acceptors (Lipinski definition) is 5. The summed E-state index contributed by atoms with van der Waals surface area (Å²) in [7, 11) is 3.03. The Morgan fingerprint density at radius 3 is 2.18 bits per heavy atom. The van der Waals surface area contributed by atoms with Gasteiger partial charge in [0.05, 0.1) is 30.6 Å². The van der Waals surface area contributed by atoms with Gasteiger partial charge in [-0.25, -0.2) is 0 Å². The summed E-state index contributed by atoms with van der Waals surface area (Å²) >= 11 is 11.6. The second-order valence-corrected chi connectivity index (χ2v) is 7.72. The largest absolute Gasteiger partial charge is 0.495 e. The molecule has 33 heavy (non-hydrogen) atoms. The van der Waals surface area contributed by atoms with Crippen LogP contribution in [0, 0.1) is 0 Å². The van der Waals surface area contributed by atoms with Gasteiger partial charge in [-0.15, -0.1) is 0 Å². The van der Waals surface area contributed by atoms with Crippen LogP contribution in [0.4, 0.5) is 17.1 Å². The maximum atomic E-state index is 13.1. The molecular formula is C24H22ClN3O4S. The van der Waals surface area contributed by atoms with Crippen molar-refractivity contribution in [2.45, 2.75) is 6.92 Å². The Morgan fingerprint density at radius 1 is 0.848 bits per heavy atom. The van der Waals surface area contributed by atoms with Crippen LogP contribution in [0.1, 0.15) is 22.8 Å². The molecule has 7 nitrogen and oxygen atoms in total. The molecule has 0 aliphatic carbocycles. The number of amides is 1. The van der Waals surface area contributed by atoms with Crippen LogP contribution in [0.25, 0.3) is 0 Å². The van der Waals surface area contributed by atoms with Gasteiger partial charge in [0, 0.05) is 29.8 Å². The van der Waals surface area contributed by atoms with Crippen LogP contribution in [-0.2, 0) is 4.79 Å². The van der Waals surface area contributed by atoms with E-state index in [0.717, 1.165) is 0 Å². The number of halogens is 1. The minimum atomic E-state index is -0.279. The molecule has 1 amide bonds. The van der Waals surface area contributed by atoms with Gasteiger partial charge >= 0.3 is 0 Å². The average Bonchev–Trinajstić information content (AvgIpc) is 2.80. The number of rotatable bonds is 7. The SMILES string of the molecule is COc1cc(OC)c(NC(=S)Nc2ccc(NC(C)=O)c(C(=O)c3ccccc3)c2)cc1Cl. The van der Waals surface area contributed by atoms with Crippen LogP contribution >= 0.6 is 23.8 Å². The summed E-state index contributed by atoms with van der Waals surface area (Å²) in [6.07, 6.45) is 0. The van der Waals surface area contributed by atoms with Crippen molar-refractivity contribution in [2.75, 3.05) is 30.2 Å². The molecule has 3 N–H and O–H groups in total. The predicted octanol–water partition coefficient (Wildman–Crippen LogP) is 5.36. The van der Waals surface area contributed by atoms with E-state index in [0.29, 0.717) is 44.7 Å². The van der Waals surface area contributed by atoms with Crippen molar-refractivity contribution in [3.63, 3.8) is 0 Å². The van der Waals surface area contributed by atoms with Gasteiger partial charge in [0.2, 0.25) is 5.91 Å². The van der Waals surface area contributed by atoms with Gasteiger partial charge in [-0.05, 0) is 36.5 Å². The van der Waals surface area contributed by atoms with Gasteiger partial charge in [-0.3, -0.25) is 9.59 Å². The minimum absolute atomic E-state index is 0.231. The normalized spacial score (nSPS) is 10.2. The summed E-state index contributed by atoms with van der Waals surface area (Å²) in [6, 6.07) is 17.1. The molecule has 0 saturated heterocycles. The fraction of sp³-hybridized carbons (Fsp3) is 0.125. The highest BCUT2D eigenvalue weighted by Gasteiger charge is 2.16. The maximum Gasteiger partial charge on any atom is 0.221 e. The third kappa shape index (κ3) is 6.00. The number of methoxy groups -OCH3 is 2. The number of nitrogens with one attached hydrogen (secondary N) is 3. The lowest BCUT2D eigenvalue weighted by atomic mass is 10.0. The summed E-state index contributed by atoms with van der Waals surface area (Å²) in [5.74, 6) is 0.445. The van der Waals surface area contributed by atoms with E-state index in [1.807, 2.05) is 6.07 Å². The highest BCUT2D eigenvalue weighted by atomic mass is 35.5. The zero-order valence-corrected chi connectivity index (χ0v) is 19.8. The number of carbonyl (C=O) groups excluding carboxylic acids is 2. The van der Waals surface area contributed by atoms with E-state index in [-0.39, 0.29) is 16.8 Å². The highest BCUT2D eigenvalue weighted by Crippen LogP contribution is 2.36. The molecule has 0 heterocycles. The van der Waals surface area contributed by atoms with Crippen LogP contribution < -0.4 is 25.4 Å². The summed E-state index contributed by atoms with van der Waals surface area (Å²) in [5, 5.41) is 9.41. The first-order chi connectivity index (χ1) is 15.8. The van der Waals surface area contributed by atoms with Crippen LogP contribution in [0.15, 0.2) is 60.7 Å². The zero-order chi connectivity index (χ0) is 24.0. The molecule has 170 valence electrons. The first-order valence-corrected chi connectivity index (χ1v) is 10.6. The average molecular weight is 484 g/mol.